The van der Waals surface area contributed by atoms with E-state index in [9.17, 15) is 0 Å². The first kappa shape index (κ1) is 11.2. The SMILES string of the molecule is CC.CC/C=C/C1=CCCC=C1. The van der Waals surface area contributed by atoms with Gasteiger partial charge in [0, 0.05) is 0 Å². The summed E-state index contributed by atoms with van der Waals surface area (Å²) in [5.41, 5.74) is 1.37. The molecule has 0 nitrogen and oxygen atoms in total. The van der Waals surface area contributed by atoms with Gasteiger partial charge in [0.2, 0.25) is 0 Å². The first-order valence-electron chi connectivity index (χ1n) is 4.96. The fourth-order valence-electron chi connectivity index (χ4n) is 1.01. The van der Waals surface area contributed by atoms with Crippen molar-refractivity contribution in [3.8, 4) is 0 Å². The van der Waals surface area contributed by atoms with Crippen LogP contribution in [0.2, 0.25) is 0 Å². The molecule has 0 aromatic heterocycles. The van der Waals surface area contributed by atoms with E-state index in [1.54, 1.807) is 0 Å². The summed E-state index contributed by atoms with van der Waals surface area (Å²) in [5.74, 6) is 0. The van der Waals surface area contributed by atoms with Crippen LogP contribution in [0.25, 0.3) is 0 Å². The second-order valence-electron chi connectivity index (χ2n) is 2.49. The maximum absolute atomic E-state index is 2.28. The Morgan fingerprint density at radius 3 is 2.58 bits per heavy atom. The molecule has 0 aliphatic heterocycles. The quantitative estimate of drug-likeness (QED) is 0.572. The summed E-state index contributed by atoms with van der Waals surface area (Å²) in [6.45, 7) is 6.16. The highest BCUT2D eigenvalue weighted by Crippen LogP contribution is 2.10. The highest BCUT2D eigenvalue weighted by Gasteiger charge is 1.90. The van der Waals surface area contributed by atoms with Gasteiger partial charge in [-0.3, -0.25) is 0 Å². The van der Waals surface area contributed by atoms with Gasteiger partial charge >= 0.3 is 0 Å². The average molecular weight is 164 g/mol. The molecule has 0 saturated heterocycles. The first-order chi connectivity index (χ1) is 5.93. The minimum Gasteiger partial charge on any atom is -0.0842 e. The Morgan fingerprint density at radius 1 is 1.33 bits per heavy atom. The van der Waals surface area contributed by atoms with Gasteiger partial charge < -0.3 is 0 Å². The first-order valence-corrected chi connectivity index (χ1v) is 4.96. The van der Waals surface area contributed by atoms with Gasteiger partial charge in [-0.15, -0.1) is 0 Å². The number of rotatable bonds is 2. The molecule has 0 saturated carbocycles. The Hall–Kier alpha value is -0.780. The molecule has 68 valence electrons. The number of allylic oxidation sites excluding steroid dienone is 6. The third kappa shape index (κ3) is 4.95. The van der Waals surface area contributed by atoms with Crippen LogP contribution in [0, 0.1) is 0 Å². The molecule has 1 aliphatic rings. The third-order valence-corrected chi connectivity index (χ3v) is 1.57. The van der Waals surface area contributed by atoms with E-state index >= 15 is 0 Å². The van der Waals surface area contributed by atoms with Crippen molar-refractivity contribution in [3.63, 3.8) is 0 Å². The van der Waals surface area contributed by atoms with E-state index in [4.69, 9.17) is 0 Å². The Morgan fingerprint density at radius 2 is 2.08 bits per heavy atom. The molecule has 0 aromatic carbocycles. The van der Waals surface area contributed by atoms with E-state index < -0.39 is 0 Å². The molecule has 0 fully saturated rings. The molecule has 1 rings (SSSR count). The lowest BCUT2D eigenvalue weighted by Gasteiger charge is -1.99. The average Bonchev–Trinajstić information content (AvgIpc) is 2.19. The molecule has 0 atom stereocenters. The lowest BCUT2D eigenvalue weighted by atomic mass is 10.1. The summed E-state index contributed by atoms with van der Waals surface area (Å²) in [4.78, 5) is 0. The highest BCUT2D eigenvalue weighted by atomic mass is 14.0. The van der Waals surface area contributed by atoms with Crippen molar-refractivity contribution in [2.45, 2.75) is 40.0 Å². The predicted molar refractivity (Wildman–Crippen MR) is 57.2 cm³/mol. The molecule has 0 N–H and O–H groups in total. The summed E-state index contributed by atoms with van der Waals surface area (Å²) >= 11 is 0. The standard InChI is InChI=1S/C10H14.C2H6/c1-2-3-7-10-8-5-4-6-9-10;1-2/h3,5,7-9H,2,4,6H2,1H3;1-2H3/b7-3+;. The molecule has 0 radical (unpaired) electrons. The van der Waals surface area contributed by atoms with Gasteiger partial charge in [-0.1, -0.05) is 51.2 Å². The van der Waals surface area contributed by atoms with E-state index in [-0.39, 0.29) is 0 Å². The molecular formula is C12H20. The molecule has 0 spiro atoms. The second kappa shape index (κ2) is 8.32. The minimum atomic E-state index is 1.13. The highest BCUT2D eigenvalue weighted by molar-refractivity contribution is 5.32. The molecule has 0 amide bonds. The van der Waals surface area contributed by atoms with Crippen LogP contribution in [0.5, 0.6) is 0 Å². The summed E-state index contributed by atoms with van der Waals surface area (Å²) in [6, 6.07) is 0. The van der Waals surface area contributed by atoms with Gasteiger partial charge in [-0.05, 0) is 24.8 Å². The van der Waals surface area contributed by atoms with Crippen LogP contribution in [0.4, 0.5) is 0 Å². The Kier molecular flexibility index (Phi) is 7.78. The maximum Gasteiger partial charge on any atom is -0.0303 e. The summed E-state index contributed by atoms with van der Waals surface area (Å²) in [7, 11) is 0. The normalized spacial score (nSPS) is 15.4. The molecule has 1 aliphatic carbocycles. The number of hydrogen-bond donors (Lipinski definition) is 0. The Labute approximate surface area is 76.7 Å². The van der Waals surface area contributed by atoms with Crippen molar-refractivity contribution in [1.82, 2.24) is 0 Å². The lowest BCUT2D eigenvalue weighted by Crippen LogP contribution is -1.79. The maximum atomic E-state index is 2.28. The topological polar surface area (TPSA) is 0 Å². The zero-order valence-corrected chi connectivity index (χ0v) is 8.51. The van der Waals surface area contributed by atoms with Gasteiger partial charge in [0.1, 0.15) is 0 Å². The van der Waals surface area contributed by atoms with Gasteiger partial charge in [0.05, 0.1) is 0 Å². The molecular weight excluding hydrogens is 144 g/mol. The van der Waals surface area contributed by atoms with Crippen molar-refractivity contribution in [2.24, 2.45) is 0 Å². The fraction of sp³-hybridized carbons (Fsp3) is 0.500. The molecule has 0 unspecified atom stereocenters. The second-order valence-corrected chi connectivity index (χ2v) is 2.49. The van der Waals surface area contributed by atoms with E-state index in [0.717, 1.165) is 6.42 Å². The van der Waals surface area contributed by atoms with Gasteiger partial charge in [-0.2, -0.15) is 0 Å². The minimum absolute atomic E-state index is 1.13. The number of hydrogen-bond acceptors (Lipinski definition) is 0. The van der Waals surface area contributed by atoms with Crippen molar-refractivity contribution in [2.75, 3.05) is 0 Å². The Bertz CT molecular complexity index is 170. The summed E-state index contributed by atoms with van der Waals surface area (Å²) in [6.07, 6.45) is 14.6. The smallest absolute Gasteiger partial charge is 0.0303 e. The van der Waals surface area contributed by atoms with Crippen LogP contribution in [0.15, 0.2) is 36.0 Å². The molecule has 0 bridgehead atoms. The summed E-state index contributed by atoms with van der Waals surface area (Å²) in [5, 5.41) is 0. The van der Waals surface area contributed by atoms with E-state index in [2.05, 4.69) is 37.3 Å². The van der Waals surface area contributed by atoms with Gasteiger partial charge in [-0.25, -0.2) is 0 Å². The molecule has 12 heavy (non-hydrogen) atoms. The predicted octanol–water partition coefficient (Wildman–Crippen LogP) is 4.26. The van der Waals surface area contributed by atoms with Crippen molar-refractivity contribution in [3.05, 3.63) is 36.0 Å². The van der Waals surface area contributed by atoms with E-state index in [1.165, 1.54) is 18.4 Å². The van der Waals surface area contributed by atoms with Crippen molar-refractivity contribution >= 4 is 0 Å². The zero-order valence-electron chi connectivity index (χ0n) is 8.51. The van der Waals surface area contributed by atoms with Gasteiger partial charge in [0.25, 0.3) is 0 Å². The van der Waals surface area contributed by atoms with Crippen LogP contribution in [-0.2, 0) is 0 Å². The van der Waals surface area contributed by atoms with Crippen LogP contribution < -0.4 is 0 Å². The largest absolute Gasteiger partial charge is 0.0842 e. The molecule has 0 aromatic rings. The van der Waals surface area contributed by atoms with Crippen LogP contribution in [-0.4, -0.2) is 0 Å². The van der Waals surface area contributed by atoms with Crippen LogP contribution >= 0.6 is 0 Å². The molecule has 0 heterocycles. The fourth-order valence-corrected chi connectivity index (χ4v) is 1.01. The molecule has 0 heteroatoms. The van der Waals surface area contributed by atoms with E-state index in [0.29, 0.717) is 0 Å². The Balaban J connectivity index is 0.000000561. The van der Waals surface area contributed by atoms with Gasteiger partial charge in [0.15, 0.2) is 0 Å². The summed E-state index contributed by atoms with van der Waals surface area (Å²) < 4.78 is 0. The zero-order chi connectivity index (χ0) is 9.23. The van der Waals surface area contributed by atoms with Crippen LogP contribution in [0.3, 0.4) is 0 Å². The lowest BCUT2D eigenvalue weighted by molar-refractivity contribution is 1.02. The monoisotopic (exact) mass is 164 g/mol. The van der Waals surface area contributed by atoms with E-state index in [1.807, 2.05) is 13.8 Å². The third-order valence-electron chi connectivity index (χ3n) is 1.57. The van der Waals surface area contributed by atoms with Crippen molar-refractivity contribution in [1.29, 1.82) is 0 Å². The van der Waals surface area contributed by atoms with Crippen LogP contribution in [0.1, 0.15) is 40.0 Å². The van der Waals surface area contributed by atoms with Crippen molar-refractivity contribution < 1.29 is 0 Å².